The summed E-state index contributed by atoms with van der Waals surface area (Å²) in [7, 11) is 0. The molecular weight excluding hydrogens is 560 g/mol. The fraction of sp³-hybridized carbons (Fsp3) is 0.308. The first-order valence-electron chi connectivity index (χ1n) is 15.5. The Morgan fingerprint density at radius 1 is 0.711 bits per heavy atom. The molecule has 45 heavy (non-hydrogen) atoms. The summed E-state index contributed by atoms with van der Waals surface area (Å²) in [5, 5.41) is 6.71. The minimum atomic E-state index is -0.606. The Labute approximate surface area is 266 Å². The fourth-order valence-electron chi connectivity index (χ4n) is 5.88. The lowest BCUT2D eigenvalue weighted by atomic mass is 9.64. The number of ether oxygens (including phenoxy) is 1. The van der Waals surface area contributed by atoms with Gasteiger partial charge in [-0.15, -0.1) is 0 Å². The molecule has 6 nitrogen and oxygen atoms in total. The molecule has 0 aromatic heterocycles. The van der Waals surface area contributed by atoms with Crippen LogP contribution < -0.4 is 10.6 Å². The molecule has 0 fully saturated rings. The molecule has 2 N–H and O–H groups in total. The number of carbonyl (C=O) groups excluding carboxylic acids is 3. The van der Waals surface area contributed by atoms with Crippen molar-refractivity contribution in [3.8, 4) is 0 Å². The van der Waals surface area contributed by atoms with Gasteiger partial charge in [0.25, 0.3) is 0 Å². The lowest BCUT2D eigenvalue weighted by Gasteiger charge is -2.40. The maximum absolute atomic E-state index is 13.9. The van der Waals surface area contributed by atoms with Gasteiger partial charge in [-0.05, 0) is 73.6 Å². The Kier molecular flexibility index (Phi) is 8.70. The lowest BCUT2D eigenvalue weighted by Crippen LogP contribution is -2.42. The standard InChI is InChI=1S/C39H42N2O4/c1-24(2)22-39(7,38(4,5)6)37(44)45-23-26-14-18-28(19-15-26)41-32-21-20-31(40-27-16-12-25(3)13-17-27)33-34(32)36(43)30-11-9-8-10-29(30)35(33)42/h8-21,24,40-41H,22-23H2,1-7H3. The van der Waals surface area contributed by atoms with Crippen molar-refractivity contribution >= 4 is 40.3 Å². The van der Waals surface area contributed by atoms with E-state index in [-0.39, 0.29) is 29.6 Å². The van der Waals surface area contributed by atoms with E-state index in [0.29, 0.717) is 39.5 Å². The van der Waals surface area contributed by atoms with Crippen LogP contribution in [-0.2, 0) is 16.1 Å². The maximum Gasteiger partial charge on any atom is 0.312 e. The van der Waals surface area contributed by atoms with Gasteiger partial charge in [-0.25, -0.2) is 0 Å². The van der Waals surface area contributed by atoms with Crippen molar-refractivity contribution in [2.75, 3.05) is 10.6 Å². The van der Waals surface area contributed by atoms with E-state index in [9.17, 15) is 14.4 Å². The van der Waals surface area contributed by atoms with E-state index in [1.54, 1.807) is 24.3 Å². The van der Waals surface area contributed by atoms with Crippen molar-refractivity contribution in [1.29, 1.82) is 0 Å². The summed E-state index contributed by atoms with van der Waals surface area (Å²) in [6, 6.07) is 26.0. The molecule has 1 aliphatic rings. The van der Waals surface area contributed by atoms with E-state index >= 15 is 0 Å². The summed E-state index contributed by atoms with van der Waals surface area (Å²) >= 11 is 0. The summed E-state index contributed by atoms with van der Waals surface area (Å²) in [4.78, 5) is 41.0. The van der Waals surface area contributed by atoms with Crippen molar-refractivity contribution in [3.63, 3.8) is 0 Å². The molecule has 0 spiro atoms. The van der Waals surface area contributed by atoms with E-state index < -0.39 is 5.41 Å². The SMILES string of the molecule is Cc1ccc(Nc2ccc(Nc3ccc(COC(=O)C(C)(CC(C)C)C(C)(C)C)cc3)c3c2C(=O)c2ccccc2C3=O)cc1. The number of rotatable bonds is 9. The highest BCUT2D eigenvalue weighted by molar-refractivity contribution is 6.32. The van der Waals surface area contributed by atoms with Gasteiger partial charge in [-0.2, -0.15) is 0 Å². The number of fused-ring (bicyclic) bond motifs is 2. The largest absolute Gasteiger partial charge is 0.460 e. The van der Waals surface area contributed by atoms with Crippen molar-refractivity contribution in [1.82, 2.24) is 0 Å². The zero-order valence-electron chi connectivity index (χ0n) is 27.2. The van der Waals surface area contributed by atoms with Crippen LogP contribution in [-0.4, -0.2) is 17.5 Å². The van der Waals surface area contributed by atoms with Crippen LogP contribution >= 0.6 is 0 Å². The molecule has 1 aliphatic carbocycles. The summed E-state index contributed by atoms with van der Waals surface area (Å²) in [5.74, 6) is -0.237. The topological polar surface area (TPSA) is 84.5 Å². The molecule has 232 valence electrons. The molecule has 0 radical (unpaired) electrons. The van der Waals surface area contributed by atoms with Gasteiger partial charge >= 0.3 is 5.97 Å². The Balaban J connectivity index is 1.40. The molecule has 5 rings (SSSR count). The number of hydrogen-bond acceptors (Lipinski definition) is 6. The molecule has 0 saturated carbocycles. The molecule has 1 unspecified atom stereocenters. The van der Waals surface area contributed by atoms with Crippen LogP contribution in [0.1, 0.15) is 90.9 Å². The number of esters is 1. The quantitative estimate of drug-likeness (QED) is 0.164. The van der Waals surface area contributed by atoms with Gasteiger partial charge in [0.15, 0.2) is 11.6 Å². The van der Waals surface area contributed by atoms with Crippen LogP contribution in [0.25, 0.3) is 0 Å². The third-order valence-electron chi connectivity index (χ3n) is 8.93. The predicted molar refractivity (Wildman–Crippen MR) is 181 cm³/mol. The highest BCUT2D eigenvalue weighted by atomic mass is 16.5. The molecule has 0 amide bonds. The molecule has 0 bridgehead atoms. The number of nitrogens with one attached hydrogen (secondary N) is 2. The second-order valence-corrected chi connectivity index (χ2v) is 13.7. The first-order valence-corrected chi connectivity index (χ1v) is 15.5. The van der Waals surface area contributed by atoms with Crippen molar-refractivity contribution < 1.29 is 19.1 Å². The first-order chi connectivity index (χ1) is 21.3. The fourth-order valence-corrected chi connectivity index (χ4v) is 5.88. The molecule has 4 aromatic carbocycles. The highest BCUT2D eigenvalue weighted by Gasteiger charge is 2.45. The Morgan fingerprint density at radius 2 is 1.18 bits per heavy atom. The second kappa shape index (κ2) is 12.4. The minimum absolute atomic E-state index is 0.168. The normalized spacial score (nSPS) is 14.0. The Hall–Kier alpha value is -4.71. The minimum Gasteiger partial charge on any atom is -0.460 e. The molecule has 0 saturated heterocycles. The molecular formula is C39H42N2O4. The highest BCUT2D eigenvalue weighted by Crippen LogP contribution is 2.45. The smallest absolute Gasteiger partial charge is 0.312 e. The third kappa shape index (κ3) is 6.41. The summed E-state index contributed by atoms with van der Waals surface area (Å²) in [5.41, 5.74) is 5.28. The number of anilines is 4. The summed E-state index contributed by atoms with van der Waals surface area (Å²) in [6.07, 6.45) is 0.744. The van der Waals surface area contributed by atoms with Crippen LogP contribution in [0.15, 0.2) is 84.9 Å². The number of carbonyl (C=O) groups is 3. The van der Waals surface area contributed by atoms with Crippen LogP contribution in [0.4, 0.5) is 22.7 Å². The van der Waals surface area contributed by atoms with E-state index in [4.69, 9.17) is 4.74 Å². The van der Waals surface area contributed by atoms with Gasteiger partial charge in [0.1, 0.15) is 6.61 Å². The van der Waals surface area contributed by atoms with Gasteiger partial charge in [0, 0.05) is 22.5 Å². The molecule has 6 heteroatoms. The van der Waals surface area contributed by atoms with Crippen LogP contribution in [0.5, 0.6) is 0 Å². The summed E-state index contributed by atoms with van der Waals surface area (Å²) in [6.45, 7) is 14.7. The van der Waals surface area contributed by atoms with Crippen LogP contribution in [0.3, 0.4) is 0 Å². The molecule has 1 atom stereocenters. The monoisotopic (exact) mass is 602 g/mol. The molecule has 0 heterocycles. The van der Waals surface area contributed by atoms with E-state index in [0.717, 1.165) is 28.9 Å². The van der Waals surface area contributed by atoms with Gasteiger partial charge < -0.3 is 15.4 Å². The van der Waals surface area contributed by atoms with E-state index in [2.05, 4.69) is 45.3 Å². The second-order valence-electron chi connectivity index (χ2n) is 13.7. The van der Waals surface area contributed by atoms with Crippen molar-refractivity contribution in [2.45, 2.75) is 61.5 Å². The average Bonchev–Trinajstić information content (AvgIpc) is 3.00. The number of benzene rings is 4. The predicted octanol–water partition coefficient (Wildman–Crippen LogP) is 9.40. The van der Waals surface area contributed by atoms with Gasteiger partial charge in [-0.3, -0.25) is 14.4 Å². The molecule has 4 aromatic rings. The lowest BCUT2D eigenvalue weighted by molar-refractivity contribution is -0.165. The molecule has 0 aliphatic heterocycles. The Morgan fingerprint density at radius 3 is 1.62 bits per heavy atom. The third-order valence-corrected chi connectivity index (χ3v) is 8.93. The number of aryl methyl sites for hydroxylation is 1. The van der Waals surface area contributed by atoms with E-state index in [1.165, 1.54) is 0 Å². The van der Waals surface area contributed by atoms with Crippen LogP contribution in [0.2, 0.25) is 0 Å². The summed E-state index contributed by atoms with van der Waals surface area (Å²) < 4.78 is 5.83. The van der Waals surface area contributed by atoms with E-state index in [1.807, 2.05) is 74.5 Å². The van der Waals surface area contributed by atoms with Gasteiger partial charge in [0.2, 0.25) is 0 Å². The van der Waals surface area contributed by atoms with Crippen LogP contribution in [0, 0.1) is 23.7 Å². The number of ketones is 2. The number of hydrogen-bond donors (Lipinski definition) is 2. The first kappa shape index (κ1) is 31.7. The van der Waals surface area contributed by atoms with Gasteiger partial charge in [-0.1, -0.05) is 88.7 Å². The zero-order chi connectivity index (χ0) is 32.5. The Bertz CT molecular complexity index is 1750. The van der Waals surface area contributed by atoms with Gasteiger partial charge in [0.05, 0.1) is 27.9 Å². The maximum atomic E-state index is 13.9. The van der Waals surface area contributed by atoms with Crippen molar-refractivity contribution in [3.05, 3.63) is 118 Å². The van der Waals surface area contributed by atoms with Crippen molar-refractivity contribution in [2.24, 2.45) is 16.7 Å². The average molecular weight is 603 g/mol. The zero-order valence-corrected chi connectivity index (χ0v) is 27.2.